The van der Waals surface area contributed by atoms with Crippen LogP contribution in [0.1, 0.15) is 13.8 Å². The molecule has 0 N–H and O–H groups in total. The van der Waals surface area contributed by atoms with Crippen molar-refractivity contribution in [2.45, 2.75) is 13.8 Å². The summed E-state index contributed by atoms with van der Waals surface area (Å²) in [5, 5.41) is 12.0. The van der Waals surface area contributed by atoms with E-state index in [9.17, 15) is 0 Å². The van der Waals surface area contributed by atoms with Crippen LogP contribution in [0.3, 0.4) is 0 Å². The summed E-state index contributed by atoms with van der Waals surface area (Å²) in [6, 6.07) is 2.18. The zero-order valence-corrected chi connectivity index (χ0v) is 8.14. The maximum Gasteiger partial charge on any atom is 0.0666 e. The van der Waals surface area contributed by atoms with Crippen LogP contribution in [0.25, 0.3) is 10.4 Å². The molecule has 0 heterocycles. The fraction of sp³-hybridized carbons (Fsp3) is 0.875. The molecule has 0 aliphatic heterocycles. The van der Waals surface area contributed by atoms with Crippen molar-refractivity contribution < 1.29 is 0 Å². The molecular weight excluding hydrogens is 166 g/mol. The largest absolute Gasteiger partial charge is 0.302 e. The highest BCUT2D eigenvalue weighted by atomic mass is 15.2. The molecule has 0 aliphatic carbocycles. The molecule has 0 saturated carbocycles. The third kappa shape index (κ3) is 5.97. The summed E-state index contributed by atoms with van der Waals surface area (Å²) in [6.45, 7) is 6.74. The normalized spacial score (nSPS) is 11.8. The Kier molecular flexibility index (Phi) is 6.70. The number of likely N-dealkylation sites (N-methyl/N-ethyl adjacent to an activating group) is 1. The van der Waals surface area contributed by atoms with Crippen LogP contribution in [0.15, 0.2) is 5.11 Å². The van der Waals surface area contributed by atoms with Gasteiger partial charge in [0, 0.05) is 24.5 Å². The summed E-state index contributed by atoms with van der Waals surface area (Å²) in [6.07, 6.45) is 0. The minimum atomic E-state index is 0.0333. The van der Waals surface area contributed by atoms with Gasteiger partial charge in [-0.3, -0.25) is 0 Å². The third-order valence-electron chi connectivity index (χ3n) is 1.78. The highest BCUT2D eigenvalue weighted by molar-refractivity contribution is 4.81. The number of hydrogen-bond donors (Lipinski definition) is 0. The molecule has 0 radical (unpaired) electrons. The first-order valence-electron chi connectivity index (χ1n) is 4.37. The van der Waals surface area contributed by atoms with Gasteiger partial charge in [0.1, 0.15) is 0 Å². The summed E-state index contributed by atoms with van der Waals surface area (Å²) < 4.78 is 0. The van der Waals surface area contributed by atoms with Gasteiger partial charge < -0.3 is 4.90 Å². The van der Waals surface area contributed by atoms with Gasteiger partial charge in [0.05, 0.1) is 12.0 Å². The highest BCUT2D eigenvalue weighted by Crippen LogP contribution is 1.97. The van der Waals surface area contributed by atoms with Crippen LogP contribution in [-0.2, 0) is 0 Å². The molecule has 1 atom stereocenters. The zero-order valence-electron chi connectivity index (χ0n) is 8.14. The lowest BCUT2D eigenvalue weighted by atomic mass is 10.2. The van der Waals surface area contributed by atoms with Crippen molar-refractivity contribution in [1.29, 1.82) is 5.26 Å². The molecule has 0 aliphatic rings. The number of hydrogen-bond acceptors (Lipinski definition) is 3. The summed E-state index contributed by atoms with van der Waals surface area (Å²) in [5.74, 6) is 0.0333. The van der Waals surface area contributed by atoms with Gasteiger partial charge in [-0.25, -0.2) is 0 Å². The molecule has 5 nitrogen and oxygen atoms in total. The molecule has 0 rings (SSSR count). The quantitative estimate of drug-likeness (QED) is 0.356. The molecule has 13 heavy (non-hydrogen) atoms. The summed E-state index contributed by atoms with van der Waals surface area (Å²) in [4.78, 5) is 4.77. The number of rotatable bonds is 6. The Labute approximate surface area is 78.6 Å². The fourth-order valence-corrected chi connectivity index (χ4v) is 1.04. The van der Waals surface area contributed by atoms with E-state index in [0.717, 1.165) is 19.6 Å². The minimum Gasteiger partial charge on any atom is -0.302 e. The van der Waals surface area contributed by atoms with E-state index in [1.54, 1.807) is 0 Å². The number of nitriles is 1. The minimum absolute atomic E-state index is 0.0333. The van der Waals surface area contributed by atoms with Crippen molar-refractivity contribution in [2.75, 3.05) is 26.2 Å². The van der Waals surface area contributed by atoms with E-state index in [0.29, 0.717) is 6.54 Å². The highest BCUT2D eigenvalue weighted by Gasteiger charge is 2.06. The van der Waals surface area contributed by atoms with Crippen LogP contribution in [0.5, 0.6) is 0 Å². The Morgan fingerprint density at radius 2 is 2.38 bits per heavy atom. The number of azide groups is 1. The average molecular weight is 181 g/mol. The second-order valence-electron chi connectivity index (χ2n) is 2.88. The maximum absolute atomic E-state index is 8.59. The van der Waals surface area contributed by atoms with Gasteiger partial charge in [0.2, 0.25) is 0 Å². The molecule has 72 valence electrons. The molecule has 0 aromatic carbocycles. The van der Waals surface area contributed by atoms with Crippen molar-refractivity contribution in [2.24, 2.45) is 11.0 Å². The Bertz CT molecular complexity index is 213. The fourth-order valence-electron chi connectivity index (χ4n) is 1.04. The van der Waals surface area contributed by atoms with Crippen molar-refractivity contribution in [1.82, 2.24) is 4.90 Å². The topological polar surface area (TPSA) is 75.8 Å². The third-order valence-corrected chi connectivity index (χ3v) is 1.78. The van der Waals surface area contributed by atoms with Crippen molar-refractivity contribution >= 4 is 0 Å². The lowest BCUT2D eigenvalue weighted by Gasteiger charge is -2.19. The Morgan fingerprint density at radius 3 is 2.85 bits per heavy atom. The lowest BCUT2D eigenvalue weighted by molar-refractivity contribution is 0.276. The van der Waals surface area contributed by atoms with E-state index in [2.05, 4.69) is 21.0 Å². The van der Waals surface area contributed by atoms with Crippen LogP contribution in [-0.4, -0.2) is 31.1 Å². The summed E-state index contributed by atoms with van der Waals surface area (Å²) >= 11 is 0. The van der Waals surface area contributed by atoms with Crippen LogP contribution in [0, 0.1) is 17.2 Å². The van der Waals surface area contributed by atoms with Crippen LogP contribution in [0.4, 0.5) is 0 Å². The van der Waals surface area contributed by atoms with Gasteiger partial charge in [-0.1, -0.05) is 12.0 Å². The van der Waals surface area contributed by atoms with Gasteiger partial charge in [-0.2, -0.15) is 5.26 Å². The number of nitrogens with zero attached hydrogens (tertiary/aromatic N) is 5. The molecular formula is C8H15N5. The Balaban J connectivity index is 3.76. The molecule has 0 amide bonds. The first-order chi connectivity index (χ1) is 6.24. The van der Waals surface area contributed by atoms with Gasteiger partial charge in [-0.05, 0) is 19.0 Å². The van der Waals surface area contributed by atoms with E-state index >= 15 is 0 Å². The molecule has 0 bridgehead atoms. The van der Waals surface area contributed by atoms with E-state index in [1.807, 2.05) is 13.8 Å². The van der Waals surface area contributed by atoms with Crippen molar-refractivity contribution in [3.8, 4) is 6.07 Å². The Morgan fingerprint density at radius 1 is 1.69 bits per heavy atom. The SMILES string of the molecule is CCN(CCN=[N+]=[N-])CC(C)C#N. The van der Waals surface area contributed by atoms with Gasteiger partial charge in [0.15, 0.2) is 0 Å². The predicted octanol–water partition coefficient (Wildman–Crippen LogP) is 1.78. The zero-order chi connectivity index (χ0) is 10.1. The second-order valence-corrected chi connectivity index (χ2v) is 2.88. The second kappa shape index (κ2) is 7.41. The molecule has 1 unspecified atom stereocenters. The van der Waals surface area contributed by atoms with Gasteiger partial charge in [0.25, 0.3) is 0 Å². The van der Waals surface area contributed by atoms with Crippen molar-refractivity contribution in [3.05, 3.63) is 10.4 Å². The van der Waals surface area contributed by atoms with Gasteiger partial charge in [-0.15, -0.1) is 0 Å². The van der Waals surface area contributed by atoms with Crippen molar-refractivity contribution in [3.63, 3.8) is 0 Å². The van der Waals surface area contributed by atoms with E-state index in [-0.39, 0.29) is 5.92 Å². The molecule has 0 aromatic rings. The smallest absolute Gasteiger partial charge is 0.0666 e. The molecule has 0 spiro atoms. The first-order valence-corrected chi connectivity index (χ1v) is 4.37. The Hall–Kier alpha value is -1.24. The standard InChI is InChI=1S/C8H15N5/c1-3-13(5-4-11-12-10)7-8(2)6-9/h8H,3-5,7H2,1-2H3. The van der Waals surface area contributed by atoms with Crippen LogP contribution in [0.2, 0.25) is 0 Å². The average Bonchev–Trinajstić information content (AvgIpc) is 2.16. The first kappa shape index (κ1) is 11.8. The summed E-state index contributed by atoms with van der Waals surface area (Å²) in [5.41, 5.74) is 8.07. The maximum atomic E-state index is 8.59. The summed E-state index contributed by atoms with van der Waals surface area (Å²) in [7, 11) is 0. The molecule has 5 heteroatoms. The molecule has 0 fully saturated rings. The lowest BCUT2D eigenvalue weighted by Crippen LogP contribution is -2.30. The van der Waals surface area contributed by atoms with E-state index in [1.165, 1.54) is 0 Å². The molecule has 0 aromatic heterocycles. The van der Waals surface area contributed by atoms with Crippen LogP contribution < -0.4 is 0 Å². The predicted molar refractivity (Wildman–Crippen MR) is 50.9 cm³/mol. The van der Waals surface area contributed by atoms with Crippen LogP contribution >= 0.6 is 0 Å². The molecule has 0 saturated heterocycles. The van der Waals surface area contributed by atoms with E-state index in [4.69, 9.17) is 10.8 Å². The van der Waals surface area contributed by atoms with Gasteiger partial charge >= 0.3 is 0 Å². The van der Waals surface area contributed by atoms with E-state index < -0.39 is 0 Å². The monoisotopic (exact) mass is 181 g/mol.